The smallest absolute Gasteiger partial charge is 0.126 e. The lowest BCUT2D eigenvalue weighted by molar-refractivity contribution is 0.423. The molecule has 1 heterocycles. The predicted octanol–water partition coefficient (Wildman–Crippen LogP) is 4.14. The fourth-order valence-electron chi connectivity index (χ4n) is 1.65. The Labute approximate surface area is 107 Å². The monoisotopic (exact) mass is 236 g/mol. The number of hydrogen-bond acceptors (Lipinski definition) is 2. The van der Waals surface area contributed by atoms with Crippen LogP contribution in [0.5, 0.6) is 0 Å². The van der Waals surface area contributed by atoms with Crippen molar-refractivity contribution in [2.24, 2.45) is 27.5 Å². The molecule has 0 saturated heterocycles. The van der Waals surface area contributed by atoms with Gasteiger partial charge in [0.1, 0.15) is 5.82 Å². The van der Waals surface area contributed by atoms with Crippen LogP contribution in [-0.4, -0.2) is 6.21 Å². The fourth-order valence-corrected chi connectivity index (χ4v) is 1.65. The van der Waals surface area contributed by atoms with Crippen molar-refractivity contribution < 1.29 is 0 Å². The van der Waals surface area contributed by atoms with Gasteiger partial charge in [0.15, 0.2) is 0 Å². The van der Waals surface area contributed by atoms with Crippen LogP contribution in [0.15, 0.2) is 28.5 Å². The average molecular weight is 236 g/mol. The van der Waals surface area contributed by atoms with E-state index in [-0.39, 0.29) is 18.3 Å². The second-order valence-electron chi connectivity index (χ2n) is 6.16. The zero-order valence-electron chi connectivity index (χ0n) is 11.3. The third kappa shape index (κ3) is 3.45. The van der Waals surface area contributed by atoms with Crippen molar-refractivity contribution in [1.82, 2.24) is 0 Å². The van der Waals surface area contributed by atoms with Crippen molar-refractivity contribution in [2.45, 2.75) is 49.0 Å². The highest BCUT2D eigenvalue weighted by atomic mass is 14.9. The van der Waals surface area contributed by atoms with Gasteiger partial charge in [-0.2, -0.15) is 0 Å². The maximum Gasteiger partial charge on any atom is 0.126 e. The van der Waals surface area contributed by atoms with E-state index in [0.717, 1.165) is 5.57 Å². The third-order valence-corrected chi connectivity index (χ3v) is 3.42. The summed E-state index contributed by atoms with van der Waals surface area (Å²) in [7, 11) is 0. The molecular weight excluding hydrogens is 208 g/mol. The number of allylic oxidation sites excluding steroid dienone is 3. The van der Waals surface area contributed by atoms with Gasteiger partial charge in [-0.1, -0.05) is 61.1 Å². The van der Waals surface area contributed by atoms with E-state index in [1.165, 1.54) is 0 Å². The quantitative estimate of drug-likeness (QED) is 0.730. The molecule has 98 valence electrons. The molecule has 0 bridgehead atoms. The van der Waals surface area contributed by atoms with Gasteiger partial charge >= 0.3 is 0 Å². The van der Waals surface area contributed by atoms with E-state index >= 15 is 0 Å². The summed E-state index contributed by atoms with van der Waals surface area (Å²) in [6.45, 7) is 13.1. The summed E-state index contributed by atoms with van der Waals surface area (Å²) in [4.78, 5) is 4.42. The summed E-state index contributed by atoms with van der Waals surface area (Å²) in [6, 6.07) is 0. The van der Waals surface area contributed by atoms with E-state index in [1.807, 2.05) is 6.21 Å². The van der Waals surface area contributed by atoms with Crippen LogP contribution in [-0.2, 0) is 0 Å². The van der Waals surface area contributed by atoms with Gasteiger partial charge in [0, 0.05) is 11.6 Å². The fraction of sp³-hybridized carbons (Fsp3) is 0.667. The summed E-state index contributed by atoms with van der Waals surface area (Å²) in [5, 5.41) is 0. The predicted molar refractivity (Wildman–Crippen MR) is 78.0 cm³/mol. The van der Waals surface area contributed by atoms with Crippen molar-refractivity contribution in [1.29, 1.82) is 0 Å². The standard InChI is InChI=1S/C14H24N2.CH4/c1-10(2)14(6)8-7-11(13(3,4)5)12(15)16-9-14;/h7-10H,15H2,1-6H3;1H4. The molecule has 2 heteroatoms. The Morgan fingerprint density at radius 1 is 1.29 bits per heavy atom. The Balaban J connectivity index is 0.00000256. The summed E-state index contributed by atoms with van der Waals surface area (Å²) in [5.74, 6) is 1.16. The minimum absolute atomic E-state index is 0. The van der Waals surface area contributed by atoms with E-state index in [4.69, 9.17) is 5.73 Å². The van der Waals surface area contributed by atoms with Gasteiger partial charge in [-0.05, 0) is 16.9 Å². The van der Waals surface area contributed by atoms with Crippen molar-refractivity contribution >= 4 is 6.21 Å². The average Bonchev–Trinajstić information content (AvgIpc) is 2.26. The molecule has 1 rings (SSSR count). The van der Waals surface area contributed by atoms with Gasteiger partial charge in [0.05, 0.1) is 0 Å². The van der Waals surface area contributed by atoms with Gasteiger partial charge in [-0.15, -0.1) is 0 Å². The van der Waals surface area contributed by atoms with Crippen LogP contribution in [0, 0.1) is 16.7 Å². The number of aliphatic imine (C=N–C) groups is 1. The van der Waals surface area contributed by atoms with Crippen LogP contribution >= 0.6 is 0 Å². The SMILES string of the molecule is C.CC(C)C1(C)C=CC(C(C)(C)C)=C(N)N=C1. The zero-order chi connectivity index (χ0) is 12.6. The molecule has 1 unspecified atom stereocenters. The topological polar surface area (TPSA) is 38.4 Å². The van der Waals surface area contributed by atoms with Crippen molar-refractivity contribution in [2.75, 3.05) is 0 Å². The molecule has 1 aliphatic heterocycles. The van der Waals surface area contributed by atoms with Crippen LogP contribution in [0.4, 0.5) is 0 Å². The van der Waals surface area contributed by atoms with Crippen molar-refractivity contribution in [3.63, 3.8) is 0 Å². The second-order valence-corrected chi connectivity index (χ2v) is 6.16. The Kier molecular flexibility index (Phi) is 4.76. The minimum atomic E-state index is -0.00236. The van der Waals surface area contributed by atoms with E-state index in [9.17, 15) is 0 Å². The molecule has 0 amide bonds. The van der Waals surface area contributed by atoms with Crippen LogP contribution in [0.1, 0.15) is 49.0 Å². The normalized spacial score (nSPS) is 24.9. The minimum Gasteiger partial charge on any atom is -0.383 e. The summed E-state index contributed by atoms with van der Waals surface area (Å²) >= 11 is 0. The molecule has 2 nitrogen and oxygen atoms in total. The highest BCUT2D eigenvalue weighted by molar-refractivity contribution is 5.71. The Hall–Kier alpha value is -1.05. The van der Waals surface area contributed by atoms with Gasteiger partial charge < -0.3 is 5.73 Å². The molecule has 0 fully saturated rings. The molecule has 0 aromatic heterocycles. The Bertz CT molecular complexity index is 354. The van der Waals surface area contributed by atoms with Crippen molar-refractivity contribution in [3.8, 4) is 0 Å². The summed E-state index contributed by atoms with van der Waals surface area (Å²) in [5.41, 5.74) is 7.17. The van der Waals surface area contributed by atoms with E-state index < -0.39 is 0 Å². The number of rotatable bonds is 1. The highest BCUT2D eigenvalue weighted by Gasteiger charge is 2.27. The molecule has 0 aliphatic carbocycles. The first-order valence-electron chi connectivity index (χ1n) is 5.91. The van der Waals surface area contributed by atoms with E-state index in [2.05, 4.69) is 58.7 Å². The van der Waals surface area contributed by atoms with Gasteiger partial charge in [-0.25, -0.2) is 4.99 Å². The first kappa shape index (κ1) is 16.0. The third-order valence-electron chi connectivity index (χ3n) is 3.42. The van der Waals surface area contributed by atoms with Crippen molar-refractivity contribution in [3.05, 3.63) is 23.5 Å². The van der Waals surface area contributed by atoms with E-state index in [0.29, 0.717) is 11.7 Å². The lowest BCUT2D eigenvalue weighted by Crippen LogP contribution is -2.22. The second kappa shape index (κ2) is 5.07. The van der Waals surface area contributed by atoms with Gasteiger partial charge in [0.25, 0.3) is 0 Å². The van der Waals surface area contributed by atoms with E-state index in [1.54, 1.807) is 0 Å². The first-order chi connectivity index (χ1) is 7.17. The molecule has 0 saturated carbocycles. The maximum absolute atomic E-state index is 6.02. The number of nitrogens with two attached hydrogens (primary N) is 1. The largest absolute Gasteiger partial charge is 0.383 e. The Morgan fingerprint density at radius 2 is 1.82 bits per heavy atom. The van der Waals surface area contributed by atoms with Crippen LogP contribution < -0.4 is 5.73 Å². The molecule has 0 aromatic rings. The highest BCUT2D eigenvalue weighted by Crippen LogP contribution is 2.34. The first-order valence-corrected chi connectivity index (χ1v) is 5.91. The molecule has 0 aromatic carbocycles. The lowest BCUT2D eigenvalue weighted by Gasteiger charge is -2.25. The zero-order valence-corrected chi connectivity index (χ0v) is 11.3. The number of nitrogens with zero attached hydrogens (tertiary/aromatic N) is 1. The van der Waals surface area contributed by atoms with Gasteiger partial charge in [0.2, 0.25) is 0 Å². The molecule has 0 radical (unpaired) electrons. The van der Waals surface area contributed by atoms with Gasteiger partial charge in [-0.3, -0.25) is 0 Å². The Morgan fingerprint density at radius 3 is 2.24 bits per heavy atom. The molecule has 17 heavy (non-hydrogen) atoms. The molecule has 1 atom stereocenters. The molecule has 0 spiro atoms. The summed E-state index contributed by atoms with van der Waals surface area (Å²) < 4.78 is 0. The summed E-state index contributed by atoms with van der Waals surface area (Å²) in [6.07, 6.45) is 6.34. The van der Waals surface area contributed by atoms with Crippen LogP contribution in [0.2, 0.25) is 0 Å². The molecule has 1 aliphatic rings. The number of hydrogen-bond donors (Lipinski definition) is 1. The van der Waals surface area contributed by atoms with Crippen LogP contribution in [0.25, 0.3) is 0 Å². The lowest BCUT2D eigenvalue weighted by atomic mass is 9.78. The molecular formula is C15H28N2. The molecule has 2 N–H and O–H groups in total. The maximum atomic E-state index is 6.02. The van der Waals surface area contributed by atoms with Crippen LogP contribution in [0.3, 0.4) is 0 Å².